The number of aromatic nitrogens is 1. The second-order valence-electron chi connectivity index (χ2n) is 6.67. The van der Waals surface area contributed by atoms with Gasteiger partial charge in [-0.15, -0.1) is 0 Å². The van der Waals surface area contributed by atoms with Gasteiger partial charge in [-0.1, -0.05) is 60.8 Å². The molecule has 0 unspecified atom stereocenters. The lowest BCUT2D eigenvalue weighted by atomic mass is 10.1. The van der Waals surface area contributed by atoms with E-state index in [1.807, 2.05) is 23.5 Å². The van der Waals surface area contributed by atoms with Crippen molar-refractivity contribution < 1.29 is 0 Å². The van der Waals surface area contributed by atoms with Crippen molar-refractivity contribution in [3.63, 3.8) is 0 Å². The highest BCUT2D eigenvalue weighted by Crippen LogP contribution is 2.50. The van der Waals surface area contributed by atoms with Crippen LogP contribution in [-0.2, 0) is 0 Å². The molecule has 0 bridgehead atoms. The van der Waals surface area contributed by atoms with Gasteiger partial charge in [0.25, 0.3) is 0 Å². The Balaban J connectivity index is 1.63. The van der Waals surface area contributed by atoms with Crippen molar-refractivity contribution in [2.75, 3.05) is 0 Å². The van der Waals surface area contributed by atoms with E-state index in [1.54, 1.807) is 0 Å². The van der Waals surface area contributed by atoms with Crippen molar-refractivity contribution in [1.82, 2.24) is 4.98 Å². The van der Waals surface area contributed by atoms with Crippen LogP contribution in [0.2, 0.25) is 0 Å². The van der Waals surface area contributed by atoms with Crippen LogP contribution in [0, 0.1) is 6.92 Å². The number of aromatic amines is 1. The van der Waals surface area contributed by atoms with Crippen LogP contribution < -0.4 is 0 Å². The molecule has 0 atom stereocenters. The quantitative estimate of drug-likeness (QED) is 0.341. The molecule has 26 heavy (non-hydrogen) atoms. The lowest BCUT2D eigenvalue weighted by Gasteiger charge is -2.19. The van der Waals surface area contributed by atoms with Crippen LogP contribution in [0.25, 0.3) is 27.8 Å². The van der Waals surface area contributed by atoms with Gasteiger partial charge in [0.1, 0.15) is 0 Å². The van der Waals surface area contributed by atoms with E-state index in [4.69, 9.17) is 0 Å². The molecule has 1 aromatic heterocycles. The van der Waals surface area contributed by atoms with E-state index < -0.39 is 0 Å². The summed E-state index contributed by atoms with van der Waals surface area (Å²) < 4.78 is 0. The van der Waals surface area contributed by atoms with E-state index in [0.717, 1.165) is 6.42 Å². The average molecular weight is 374 g/mol. The van der Waals surface area contributed by atoms with Crippen molar-refractivity contribution >= 4 is 51.3 Å². The van der Waals surface area contributed by atoms with E-state index in [-0.39, 0.29) is 0 Å². The summed E-state index contributed by atoms with van der Waals surface area (Å²) in [5, 5.41) is 3.96. The Morgan fingerprint density at radius 1 is 0.885 bits per heavy atom. The molecule has 0 saturated carbocycles. The van der Waals surface area contributed by atoms with Gasteiger partial charge in [-0.3, -0.25) is 0 Å². The zero-order chi connectivity index (χ0) is 17.7. The van der Waals surface area contributed by atoms with E-state index in [2.05, 4.69) is 79.5 Å². The maximum Gasteiger partial charge on any atom is 0.0473 e. The van der Waals surface area contributed by atoms with Crippen LogP contribution in [0.15, 0.2) is 74.2 Å². The van der Waals surface area contributed by atoms with E-state index in [9.17, 15) is 0 Å². The largest absolute Gasteiger partial charge is 0.355 e. The van der Waals surface area contributed by atoms with Gasteiger partial charge in [0.2, 0.25) is 0 Å². The lowest BCUT2D eigenvalue weighted by molar-refractivity contribution is 1.18. The molecule has 4 aromatic rings. The number of allylic oxidation sites excluding steroid dienone is 1. The molecule has 0 fully saturated rings. The molecule has 0 spiro atoms. The molecule has 1 aliphatic heterocycles. The maximum atomic E-state index is 3.59. The van der Waals surface area contributed by atoms with E-state index in [0.29, 0.717) is 0 Å². The Morgan fingerprint density at radius 2 is 1.50 bits per heavy atom. The minimum atomic E-state index is 1.06. The van der Waals surface area contributed by atoms with Gasteiger partial charge in [-0.25, -0.2) is 0 Å². The highest BCUT2D eigenvalue weighted by Gasteiger charge is 2.20. The molecule has 2 heterocycles. The topological polar surface area (TPSA) is 15.8 Å². The Labute approximate surface area is 161 Å². The van der Waals surface area contributed by atoms with Gasteiger partial charge in [-0.2, -0.15) is 0 Å². The number of benzene rings is 3. The fraction of sp³-hybridized carbons (Fsp3) is 0.130. The van der Waals surface area contributed by atoms with E-state index in [1.165, 1.54) is 52.5 Å². The van der Waals surface area contributed by atoms with Crippen molar-refractivity contribution in [2.45, 2.75) is 39.9 Å². The van der Waals surface area contributed by atoms with Crippen molar-refractivity contribution in [1.29, 1.82) is 0 Å². The number of hydrogen-bond acceptors (Lipinski definition) is 2. The highest BCUT2D eigenvalue weighted by atomic mass is 32.2. The summed E-state index contributed by atoms with van der Waals surface area (Å²) in [6, 6.07) is 17.9. The monoisotopic (exact) mass is 373 g/mol. The number of H-pyrrole nitrogens is 1. The maximum absolute atomic E-state index is 3.59. The van der Waals surface area contributed by atoms with Crippen molar-refractivity contribution in [2.24, 2.45) is 0 Å². The van der Waals surface area contributed by atoms with Gasteiger partial charge in [0.15, 0.2) is 0 Å². The Hall–Kier alpha value is -2.10. The Bertz CT molecular complexity index is 1180. The molecule has 3 heteroatoms. The van der Waals surface area contributed by atoms with Gasteiger partial charge >= 0.3 is 0 Å². The molecule has 128 valence electrons. The SMILES string of the molecule is CC/C=C\c1[nH]c2cc3c(cc2c1C)Sc1cc2ccccc2cc1S3. The summed E-state index contributed by atoms with van der Waals surface area (Å²) in [4.78, 5) is 9.01. The molecule has 5 rings (SSSR count). The zero-order valence-corrected chi connectivity index (χ0v) is 16.4. The molecule has 3 aromatic carbocycles. The third-order valence-corrected chi connectivity index (χ3v) is 7.42. The minimum Gasteiger partial charge on any atom is -0.355 e. The molecule has 0 aliphatic carbocycles. The van der Waals surface area contributed by atoms with Crippen molar-refractivity contribution in [3.05, 3.63) is 65.9 Å². The van der Waals surface area contributed by atoms with Crippen LogP contribution >= 0.6 is 23.5 Å². The number of hydrogen-bond donors (Lipinski definition) is 1. The van der Waals surface area contributed by atoms with Crippen LogP contribution in [0.3, 0.4) is 0 Å². The Morgan fingerprint density at radius 3 is 2.15 bits per heavy atom. The van der Waals surface area contributed by atoms with Crippen LogP contribution in [0.5, 0.6) is 0 Å². The number of aryl methyl sites for hydroxylation is 1. The number of rotatable bonds is 2. The summed E-state index contributed by atoms with van der Waals surface area (Å²) in [6.07, 6.45) is 5.47. The first kappa shape index (κ1) is 16.1. The van der Waals surface area contributed by atoms with Gasteiger partial charge < -0.3 is 4.98 Å². The second kappa shape index (κ2) is 6.26. The number of nitrogens with one attached hydrogen (secondary N) is 1. The van der Waals surface area contributed by atoms with Gasteiger partial charge in [0.05, 0.1) is 0 Å². The number of fused-ring (bicyclic) bond motifs is 4. The summed E-state index contributed by atoms with van der Waals surface area (Å²) in [5.41, 5.74) is 3.79. The molecule has 0 amide bonds. The lowest BCUT2D eigenvalue weighted by Crippen LogP contribution is -1.90. The fourth-order valence-corrected chi connectivity index (χ4v) is 5.85. The molecular weight excluding hydrogens is 354 g/mol. The second-order valence-corrected chi connectivity index (χ2v) is 8.84. The first-order valence-corrected chi connectivity index (χ1v) is 10.6. The van der Waals surface area contributed by atoms with Gasteiger partial charge in [-0.05, 0) is 60.0 Å². The average Bonchev–Trinajstić information content (AvgIpc) is 2.96. The van der Waals surface area contributed by atoms with Gasteiger partial charge in [0, 0.05) is 36.2 Å². The highest BCUT2D eigenvalue weighted by molar-refractivity contribution is 8.05. The fourth-order valence-electron chi connectivity index (χ4n) is 3.51. The standard InChI is InChI=1S/C23H19NS2/c1-3-4-9-18-14(2)17-12-22-23(13-19(17)24-18)26-21-11-16-8-6-5-7-15(16)10-20(21)25-22/h4-13,24H,3H2,1-2H3/b9-4-. The first-order valence-electron chi connectivity index (χ1n) is 8.94. The zero-order valence-electron chi connectivity index (χ0n) is 14.8. The summed E-state index contributed by atoms with van der Waals surface area (Å²) in [7, 11) is 0. The summed E-state index contributed by atoms with van der Waals surface area (Å²) in [6.45, 7) is 4.38. The predicted octanol–water partition coefficient (Wildman–Crippen LogP) is 7.67. The molecule has 0 saturated heterocycles. The first-order chi connectivity index (χ1) is 12.7. The smallest absolute Gasteiger partial charge is 0.0473 e. The Kier molecular flexibility index (Phi) is 3.87. The van der Waals surface area contributed by atoms with Crippen LogP contribution in [-0.4, -0.2) is 4.98 Å². The normalized spacial score (nSPS) is 13.5. The van der Waals surface area contributed by atoms with Crippen LogP contribution in [0.4, 0.5) is 0 Å². The molecule has 1 nitrogen and oxygen atoms in total. The predicted molar refractivity (Wildman–Crippen MR) is 115 cm³/mol. The molecule has 0 radical (unpaired) electrons. The minimum absolute atomic E-state index is 1.06. The van der Waals surface area contributed by atoms with Crippen LogP contribution in [0.1, 0.15) is 24.6 Å². The molecule has 1 N–H and O–H groups in total. The molecular formula is C23H19NS2. The summed E-state index contributed by atoms with van der Waals surface area (Å²) in [5.74, 6) is 0. The third kappa shape index (κ3) is 2.58. The van der Waals surface area contributed by atoms with Crippen molar-refractivity contribution in [3.8, 4) is 0 Å². The molecule has 1 aliphatic rings. The van der Waals surface area contributed by atoms with E-state index >= 15 is 0 Å². The summed E-state index contributed by atoms with van der Waals surface area (Å²) >= 11 is 3.78. The third-order valence-electron chi connectivity index (χ3n) is 4.93.